The Morgan fingerprint density at radius 1 is 1.33 bits per heavy atom. The summed E-state index contributed by atoms with van der Waals surface area (Å²) in [4.78, 5) is 12.2. The van der Waals surface area contributed by atoms with Crippen LogP contribution in [0.25, 0.3) is 0 Å². The van der Waals surface area contributed by atoms with Gasteiger partial charge in [0, 0.05) is 26.0 Å². The van der Waals surface area contributed by atoms with Crippen LogP contribution in [0.15, 0.2) is 53.9 Å². The first kappa shape index (κ1) is 14.0. The standard InChI is InChI=1S/C15H20N2O/c1-13(16-2)9-15(11-17(3)12-18)10-14-7-5-4-6-8-14/h4-9,11-12,16H,10H2,1-3H3/b13-9+,15-11+. The highest BCUT2D eigenvalue weighted by molar-refractivity contribution is 5.49. The third kappa shape index (κ3) is 4.87. The van der Waals surface area contributed by atoms with Crippen molar-refractivity contribution in [2.75, 3.05) is 14.1 Å². The van der Waals surface area contributed by atoms with Gasteiger partial charge in [-0.25, -0.2) is 0 Å². The summed E-state index contributed by atoms with van der Waals surface area (Å²) >= 11 is 0. The Labute approximate surface area is 109 Å². The van der Waals surface area contributed by atoms with E-state index >= 15 is 0 Å². The van der Waals surface area contributed by atoms with Gasteiger partial charge >= 0.3 is 0 Å². The summed E-state index contributed by atoms with van der Waals surface area (Å²) < 4.78 is 0. The molecule has 1 amide bonds. The molecule has 0 aromatic heterocycles. The third-order valence-electron chi connectivity index (χ3n) is 2.58. The number of benzene rings is 1. The van der Waals surface area contributed by atoms with E-state index in [1.54, 1.807) is 7.05 Å². The zero-order valence-electron chi connectivity index (χ0n) is 11.2. The summed E-state index contributed by atoms with van der Waals surface area (Å²) in [6, 6.07) is 10.2. The largest absolute Gasteiger partial charge is 0.392 e. The van der Waals surface area contributed by atoms with E-state index in [9.17, 15) is 4.79 Å². The molecule has 0 fully saturated rings. The van der Waals surface area contributed by atoms with Crippen LogP contribution in [-0.2, 0) is 11.2 Å². The van der Waals surface area contributed by atoms with Crippen molar-refractivity contribution in [2.45, 2.75) is 13.3 Å². The molecule has 0 bridgehead atoms. The van der Waals surface area contributed by atoms with Crippen LogP contribution in [0.3, 0.4) is 0 Å². The van der Waals surface area contributed by atoms with Crippen LogP contribution in [0.2, 0.25) is 0 Å². The van der Waals surface area contributed by atoms with Crippen LogP contribution in [0.4, 0.5) is 0 Å². The number of allylic oxidation sites excluding steroid dienone is 3. The summed E-state index contributed by atoms with van der Waals surface area (Å²) in [5, 5.41) is 3.09. The Morgan fingerprint density at radius 2 is 2.00 bits per heavy atom. The minimum absolute atomic E-state index is 0.799. The lowest BCUT2D eigenvalue weighted by molar-refractivity contribution is -0.115. The van der Waals surface area contributed by atoms with Gasteiger partial charge in [-0.2, -0.15) is 0 Å². The highest BCUT2D eigenvalue weighted by atomic mass is 16.1. The molecule has 18 heavy (non-hydrogen) atoms. The van der Waals surface area contributed by atoms with Crippen molar-refractivity contribution in [2.24, 2.45) is 0 Å². The van der Waals surface area contributed by atoms with Gasteiger partial charge in [-0.1, -0.05) is 30.3 Å². The molecule has 3 heteroatoms. The van der Waals surface area contributed by atoms with Gasteiger partial charge in [0.15, 0.2) is 0 Å². The SMILES string of the molecule is CN/C(C)=C/C(=C\N(C)C=O)Cc1ccccc1. The molecule has 0 aliphatic rings. The lowest BCUT2D eigenvalue weighted by Gasteiger charge is -2.09. The molecular weight excluding hydrogens is 224 g/mol. The number of rotatable bonds is 6. The van der Waals surface area contributed by atoms with Gasteiger partial charge in [0.25, 0.3) is 0 Å². The van der Waals surface area contributed by atoms with Crippen molar-refractivity contribution >= 4 is 6.41 Å². The van der Waals surface area contributed by atoms with E-state index in [-0.39, 0.29) is 0 Å². The maximum Gasteiger partial charge on any atom is 0.213 e. The molecule has 0 aliphatic heterocycles. The first-order valence-corrected chi connectivity index (χ1v) is 5.93. The van der Waals surface area contributed by atoms with Crippen LogP contribution >= 0.6 is 0 Å². The van der Waals surface area contributed by atoms with E-state index < -0.39 is 0 Å². The van der Waals surface area contributed by atoms with Crippen LogP contribution in [-0.4, -0.2) is 25.4 Å². The molecule has 1 rings (SSSR count). The summed E-state index contributed by atoms with van der Waals surface area (Å²) in [7, 11) is 3.62. The lowest BCUT2D eigenvalue weighted by atomic mass is 10.0. The number of hydrogen-bond acceptors (Lipinski definition) is 2. The van der Waals surface area contributed by atoms with E-state index in [0.717, 1.165) is 24.1 Å². The van der Waals surface area contributed by atoms with E-state index in [4.69, 9.17) is 0 Å². The molecule has 0 unspecified atom stereocenters. The van der Waals surface area contributed by atoms with Gasteiger partial charge < -0.3 is 10.2 Å². The highest BCUT2D eigenvalue weighted by Gasteiger charge is 1.99. The smallest absolute Gasteiger partial charge is 0.213 e. The molecule has 1 aromatic carbocycles. The fourth-order valence-corrected chi connectivity index (χ4v) is 1.61. The molecule has 1 aromatic rings. The number of nitrogens with one attached hydrogen (secondary N) is 1. The Hall–Kier alpha value is -2.03. The van der Waals surface area contributed by atoms with Crippen LogP contribution < -0.4 is 5.32 Å². The van der Waals surface area contributed by atoms with Crippen LogP contribution in [0, 0.1) is 0 Å². The fourth-order valence-electron chi connectivity index (χ4n) is 1.61. The molecule has 1 N–H and O–H groups in total. The summed E-state index contributed by atoms with van der Waals surface area (Å²) in [6.07, 6.45) is 5.50. The minimum atomic E-state index is 0.799. The predicted molar refractivity (Wildman–Crippen MR) is 74.9 cm³/mol. The average Bonchev–Trinajstić information content (AvgIpc) is 2.39. The maximum absolute atomic E-state index is 10.7. The van der Waals surface area contributed by atoms with E-state index in [1.807, 2.05) is 44.4 Å². The molecule has 0 radical (unpaired) electrons. The Kier molecular flexibility index (Phi) is 5.71. The lowest BCUT2D eigenvalue weighted by Crippen LogP contribution is -2.09. The molecular formula is C15H20N2O. The van der Waals surface area contributed by atoms with E-state index in [2.05, 4.69) is 17.4 Å². The van der Waals surface area contributed by atoms with E-state index in [1.165, 1.54) is 10.5 Å². The number of carbonyl (C=O) groups excluding carboxylic acids is 1. The molecule has 0 saturated carbocycles. The van der Waals surface area contributed by atoms with Crippen molar-refractivity contribution in [1.29, 1.82) is 0 Å². The van der Waals surface area contributed by atoms with Crippen molar-refractivity contribution in [3.63, 3.8) is 0 Å². The Balaban J connectivity index is 2.91. The van der Waals surface area contributed by atoms with Crippen LogP contribution in [0.5, 0.6) is 0 Å². The van der Waals surface area contributed by atoms with Gasteiger partial charge in [0.05, 0.1) is 0 Å². The molecule has 0 atom stereocenters. The molecule has 0 saturated heterocycles. The van der Waals surface area contributed by atoms with Crippen molar-refractivity contribution in [3.05, 3.63) is 59.4 Å². The molecule has 0 aliphatic carbocycles. The van der Waals surface area contributed by atoms with Crippen LogP contribution in [0.1, 0.15) is 12.5 Å². The Bertz CT molecular complexity index is 435. The second-order valence-corrected chi connectivity index (χ2v) is 4.21. The molecule has 0 heterocycles. The topological polar surface area (TPSA) is 32.3 Å². The first-order chi connectivity index (χ1) is 8.65. The molecule has 3 nitrogen and oxygen atoms in total. The molecule has 96 valence electrons. The zero-order valence-corrected chi connectivity index (χ0v) is 11.2. The van der Waals surface area contributed by atoms with Gasteiger partial charge in [-0.3, -0.25) is 4.79 Å². The molecule has 0 spiro atoms. The number of amides is 1. The van der Waals surface area contributed by atoms with E-state index in [0.29, 0.717) is 0 Å². The number of carbonyl (C=O) groups is 1. The maximum atomic E-state index is 10.7. The Morgan fingerprint density at radius 3 is 2.56 bits per heavy atom. The monoisotopic (exact) mass is 244 g/mol. The second-order valence-electron chi connectivity index (χ2n) is 4.21. The average molecular weight is 244 g/mol. The minimum Gasteiger partial charge on any atom is -0.392 e. The quantitative estimate of drug-likeness (QED) is 0.615. The summed E-state index contributed by atoms with van der Waals surface area (Å²) in [5.74, 6) is 0. The van der Waals surface area contributed by atoms with Gasteiger partial charge in [-0.15, -0.1) is 0 Å². The van der Waals surface area contributed by atoms with Crippen molar-refractivity contribution in [3.8, 4) is 0 Å². The first-order valence-electron chi connectivity index (χ1n) is 5.93. The third-order valence-corrected chi connectivity index (χ3v) is 2.58. The zero-order chi connectivity index (χ0) is 13.4. The summed E-state index contributed by atoms with van der Waals surface area (Å²) in [5.41, 5.74) is 3.38. The van der Waals surface area contributed by atoms with Gasteiger partial charge in [0.1, 0.15) is 0 Å². The second kappa shape index (κ2) is 7.33. The number of nitrogens with zero attached hydrogens (tertiary/aromatic N) is 1. The summed E-state index contributed by atoms with van der Waals surface area (Å²) in [6.45, 7) is 2.00. The fraction of sp³-hybridized carbons (Fsp3) is 0.267. The number of hydrogen-bond donors (Lipinski definition) is 1. The normalized spacial score (nSPS) is 12.2. The van der Waals surface area contributed by atoms with Gasteiger partial charge in [0.2, 0.25) is 6.41 Å². The predicted octanol–water partition coefficient (Wildman–Crippen LogP) is 2.32. The highest BCUT2D eigenvalue weighted by Crippen LogP contribution is 2.11. The van der Waals surface area contributed by atoms with Gasteiger partial charge in [-0.05, 0) is 30.6 Å². The van der Waals surface area contributed by atoms with Crippen molar-refractivity contribution < 1.29 is 4.79 Å². The van der Waals surface area contributed by atoms with Crippen molar-refractivity contribution in [1.82, 2.24) is 10.2 Å².